The van der Waals surface area contributed by atoms with Crippen LogP contribution in [0.2, 0.25) is 0 Å². The van der Waals surface area contributed by atoms with Gasteiger partial charge in [-0.2, -0.15) is 0 Å². The van der Waals surface area contributed by atoms with Gasteiger partial charge in [-0.25, -0.2) is 0 Å². The van der Waals surface area contributed by atoms with Gasteiger partial charge in [0.2, 0.25) is 0 Å². The van der Waals surface area contributed by atoms with E-state index in [0.717, 1.165) is 35.1 Å². The Balaban J connectivity index is 1.73. The van der Waals surface area contributed by atoms with Crippen LogP contribution < -0.4 is 10.3 Å². The molecule has 5 rings (SSSR count). The van der Waals surface area contributed by atoms with Crippen molar-refractivity contribution in [1.29, 1.82) is 0 Å². The highest BCUT2D eigenvalue weighted by molar-refractivity contribution is 5.90. The molecule has 0 bridgehead atoms. The van der Waals surface area contributed by atoms with E-state index in [-0.39, 0.29) is 5.56 Å². The number of ether oxygens (including phenoxy) is 1. The van der Waals surface area contributed by atoms with Crippen LogP contribution in [-0.2, 0) is 19.4 Å². The van der Waals surface area contributed by atoms with Crippen LogP contribution in [0.5, 0.6) is 5.75 Å². The summed E-state index contributed by atoms with van der Waals surface area (Å²) in [4.78, 5) is 12.5. The first kappa shape index (κ1) is 16.8. The number of pyridine rings is 1. The molecule has 0 spiro atoms. The highest BCUT2D eigenvalue weighted by Crippen LogP contribution is 2.36. The molecule has 4 aromatic rings. The van der Waals surface area contributed by atoms with Crippen LogP contribution in [0.1, 0.15) is 22.3 Å². The minimum atomic E-state index is 0.0413. The lowest BCUT2D eigenvalue weighted by Crippen LogP contribution is -2.27. The summed E-state index contributed by atoms with van der Waals surface area (Å²) < 4.78 is 7.97. The number of rotatable bonds is 4. The molecule has 0 saturated carbocycles. The molecule has 2 heterocycles. The Morgan fingerprint density at radius 2 is 1.43 bits per heavy atom. The van der Waals surface area contributed by atoms with Crippen LogP contribution in [-0.4, -0.2) is 11.2 Å². The molecule has 3 heteroatoms. The fourth-order valence-electron chi connectivity index (χ4n) is 4.12. The van der Waals surface area contributed by atoms with Crippen molar-refractivity contribution < 1.29 is 4.74 Å². The van der Waals surface area contributed by atoms with E-state index in [1.54, 1.807) is 6.07 Å². The lowest BCUT2D eigenvalue weighted by Gasteiger charge is -2.24. The second-order valence-electron chi connectivity index (χ2n) is 7.28. The maximum Gasteiger partial charge on any atom is 0.251 e. The first-order chi connectivity index (χ1) is 13.8. The van der Waals surface area contributed by atoms with Crippen LogP contribution >= 0.6 is 0 Å². The second-order valence-corrected chi connectivity index (χ2v) is 7.28. The third-order valence-corrected chi connectivity index (χ3v) is 5.42. The van der Waals surface area contributed by atoms with Gasteiger partial charge in [0.15, 0.2) is 0 Å². The van der Waals surface area contributed by atoms with Gasteiger partial charge >= 0.3 is 0 Å². The highest BCUT2D eigenvalue weighted by atomic mass is 16.5. The lowest BCUT2D eigenvalue weighted by atomic mass is 9.94. The van der Waals surface area contributed by atoms with E-state index in [1.165, 1.54) is 16.7 Å². The average Bonchev–Trinajstić information content (AvgIpc) is 2.74. The Kier molecular flexibility index (Phi) is 4.21. The van der Waals surface area contributed by atoms with Gasteiger partial charge in [-0.3, -0.25) is 4.79 Å². The number of benzene rings is 3. The van der Waals surface area contributed by atoms with E-state index in [0.29, 0.717) is 13.2 Å². The molecule has 1 aromatic heterocycles. The summed E-state index contributed by atoms with van der Waals surface area (Å²) in [5.41, 5.74) is 5.86. The van der Waals surface area contributed by atoms with Crippen LogP contribution in [0.15, 0.2) is 83.7 Å². The van der Waals surface area contributed by atoms with Crippen molar-refractivity contribution in [3.05, 3.63) is 111 Å². The van der Waals surface area contributed by atoms with Crippen molar-refractivity contribution in [3.63, 3.8) is 0 Å². The zero-order chi connectivity index (χ0) is 18.9. The zero-order valence-corrected chi connectivity index (χ0v) is 15.6. The van der Waals surface area contributed by atoms with Crippen molar-refractivity contribution in [2.45, 2.75) is 19.4 Å². The van der Waals surface area contributed by atoms with E-state index in [2.05, 4.69) is 54.6 Å². The van der Waals surface area contributed by atoms with Crippen LogP contribution in [0, 0.1) is 0 Å². The first-order valence-electron chi connectivity index (χ1n) is 9.68. The predicted octanol–water partition coefficient (Wildman–Crippen LogP) is 4.58. The molecular formula is C25H21NO2. The van der Waals surface area contributed by atoms with Crippen molar-refractivity contribution in [1.82, 2.24) is 4.57 Å². The van der Waals surface area contributed by atoms with Gasteiger partial charge in [-0.1, -0.05) is 66.7 Å². The molecular weight excluding hydrogens is 346 g/mol. The molecule has 0 atom stereocenters. The Morgan fingerprint density at radius 1 is 0.786 bits per heavy atom. The molecule has 1 aliphatic rings. The minimum Gasteiger partial charge on any atom is -0.489 e. The topological polar surface area (TPSA) is 31.2 Å². The fraction of sp³-hybridized carbons (Fsp3) is 0.160. The average molecular weight is 367 g/mol. The smallest absolute Gasteiger partial charge is 0.251 e. The van der Waals surface area contributed by atoms with Gasteiger partial charge in [0, 0.05) is 23.4 Å². The van der Waals surface area contributed by atoms with Crippen molar-refractivity contribution in [3.8, 4) is 5.75 Å². The summed E-state index contributed by atoms with van der Waals surface area (Å²) in [5.74, 6) is 0.861. The SMILES string of the molecule is O=c1ccc2c(Cc3ccccc3)cc(Cc3ccccc3)c3c2n1CCO3. The summed E-state index contributed by atoms with van der Waals surface area (Å²) in [6, 6.07) is 26.8. The molecule has 3 aromatic carbocycles. The quantitative estimate of drug-likeness (QED) is 0.529. The maximum atomic E-state index is 12.5. The summed E-state index contributed by atoms with van der Waals surface area (Å²) in [7, 11) is 0. The van der Waals surface area contributed by atoms with Crippen molar-refractivity contribution in [2.24, 2.45) is 0 Å². The number of aromatic nitrogens is 1. The lowest BCUT2D eigenvalue weighted by molar-refractivity contribution is 0.281. The Bertz CT molecular complexity index is 1190. The van der Waals surface area contributed by atoms with Crippen molar-refractivity contribution >= 4 is 10.9 Å². The number of hydrogen-bond donors (Lipinski definition) is 0. The molecule has 0 radical (unpaired) electrons. The van der Waals surface area contributed by atoms with Crippen LogP contribution in [0.25, 0.3) is 10.9 Å². The highest BCUT2D eigenvalue weighted by Gasteiger charge is 2.21. The standard InChI is InChI=1S/C25H21NO2/c27-23-12-11-22-20(15-18-7-3-1-4-8-18)17-21(16-19-9-5-2-6-10-19)25-24(22)26(23)13-14-28-25/h1-12,17H,13-16H2. The van der Waals surface area contributed by atoms with Gasteiger partial charge in [-0.05, 0) is 29.2 Å². The van der Waals surface area contributed by atoms with E-state index in [1.807, 2.05) is 22.8 Å². The first-order valence-corrected chi connectivity index (χ1v) is 9.68. The Hall–Kier alpha value is -3.33. The number of nitrogens with zero attached hydrogens (tertiary/aromatic N) is 1. The summed E-state index contributed by atoms with van der Waals surface area (Å²) in [6.45, 7) is 1.13. The van der Waals surface area contributed by atoms with Gasteiger partial charge in [0.05, 0.1) is 12.1 Å². The molecule has 0 fully saturated rings. The largest absolute Gasteiger partial charge is 0.489 e. The molecule has 138 valence electrons. The second kappa shape index (κ2) is 7.01. The van der Waals surface area contributed by atoms with E-state index >= 15 is 0 Å². The summed E-state index contributed by atoms with van der Waals surface area (Å²) >= 11 is 0. The maximum absolute atomic E-state index is 12.5. The Morgan fingerprint density at radius 3 is 2.11 bits per heavy atom. The molecule has 0 saturated heterocycles. The van der Waals surface area contributed by atoms with Gasteiger partial charge in [-0.15, -0.1) is 0 Å². The van der Waals surface area contributed by atoms with Gasteiger partial charge < -0.3 is 9.30 Å². The summed E-state index contributed by atoms with van der Waals surface area (Å²) in [5, 5.41) is 1.11. The molecule has 1 aliphatic heterocycles. The molecule has 3 nitrogen and oxygen atoms in total. The molecule has 0 aliphatic carbocycles. The monoisotopic (exact) mass is 367 g/mol. The third-order valence-electron chi connectivity index (χ3n) is 5.42. The van der Waals surface area contributed by atoms with E-state index in [9.17, 15) is 4.79 Å². The predicted molar refractivity (Wildman–Crippen MR) is 112 cm³/mol. The van der Waals surface area contributed by atoms with Crippen LogP contribution in [0.4, 0.5) is 0 Å². The summed E-state index contributed by atoms with van der Waals surface area (Å²) in [6.07, 6.45) is 1.62. The minimum absolute atomic E-state index is 0.0413. The van der Waals surface area contributed by atoms with E-state index < -0.39 is 0 Å². The molecule has 0 amide bonds. The van der Waals surface area contributed by atoms with Crippen molar-refractivity contribution in [2.75, 3.05) is 6.61 Å². The van der Waals surface area contributed by atoms with Gasteiger partial charge in [0.1, 0.15) is 12.4 Å². The zero-order valence-electron chi connectivity index (χ0n) is 15.6. The third kappa shape index (κ3) is 2.99. The molecule has 28 heavy (non-hydrogen) atoms. The molecule has 0 unspecified atom stereocenters. The normalized spacial score (nSPS) is 12.7. The molecule has 0 N–H and O–H groups in total. The Labute approximate surface area is 163 Å². The number of hydrogen-bond acceptors (Lipinski definition) is 2. The van der Waals surface area contributed by atoms with Gasteiger partial charge in [0.25, 0.3) is 5.56 Å². The van der Waals surface area contributed by atoms with E-state index in [4.69, 9.17) is 4.74 Å². The van der Waals surface area contributed by atoms with Crippen LogP contribution in [0.3, 0.4) is 0 Å². The fourth-order valence-corrected chi connectivity index (χ4v) is 4.12.